The Kier molecular flexibility index (Phi) is 3.48. The number of carbonyl (C=O) groups excluding carboxylic acids is 1. The van der Waals surface area contributed by atoms with Gasteiger partial charge in [0.15, 0.2) is 5.69 Å². The molecule has 132 valence electrons. The van der Waals surface area contributed by atoms with Crippen LogP contribution in [-0.4, -0.2) is 31.5 Å². The maximum absolute atomic E-state index is 12.5. The summed E-state index contributed by atoms with van der Waals surface area (Å²) >= 11 is 0. The van der Waals surface area contributed by atoms with Crippen molar-refractivity contribution in [3.63, 3.8) is 0 Å². The molecule has 8 nitrogen and oxygen atoms in total. The first-order valence-electron chi connectivity index (χ1n) is 8.76. The second-order valence-corrected chi connectivity index (χ2v) is 6.63. The lowest BCUT2D eigenvalue weighted by Gasteiger charge is -2.19. The third-order valence-corrected chi connectivity index (χ3v) is 4.68. The fourth-order valence-corrected chi connectivity index (χ4v) is 3.15. The van der Waals surface area contributed by atoms with E-state index < -0.39 is 0 Å². The summed E-state index contributed by atoms with van der Waals surface area (Å²) in [5.41, 5.74) is 3.01. The van der Waals surface area contributed by atoms with Crippen LogP contribution in [0, 0.1) is 0 Å². The number of nitrogens with zero attached hydrogens (tertiary/aromatic N) is 4. The summed E-state index contributed by atoms with van der Waals surface area (Å²) < 4.78 is 7.31. The van der Waals surface area contributed by atoms with Crippen LogP contribution in [0.1, 0.15) is 34.7 Å². The summed E-state index contributed by atoms with van der Waals surface area (Å²) in [6.45, 7) is 1.27. The van der Waals surface area contributed by atoms with E-state index in [9.17, 15) is 4.79 Å². The van der Waals surface area contributed by atoms with Crippen molar-refractivity contribution in [1.82, 2.24) is 24.8 Å². The maximum Gasteiger partial charge on any atom is 0.272 e. The molecule has 0 saturated heterocycles. The standard InChI is InChI=1S/C18H18N6O2/c25-17(22-12-3-4-12)15-16-14-11(5-6-24(16)10-21-15)8-19-18(23-14)20-9-13-2-1-7-26-13/h1-2,7-8,10,12H,3-6,9H2,(H,22,25)(H,19,20,23). The second kappa shape index (κ2) is 5.98. The first-order valence-corrected chi connectivity index (χ1v) is 8.76. The Morgan fingerprint density at radius 1 is 1.35 bits per heavy atom. The van der Waals surface area contributed by atoms with Crippen molar-refractivity contribution in [3.8, 4) is 11.4 Å². The van der Waals surface area contributed by atoms with Crippen LogP contribution in [0.2, 0.25) is 0 Å². The average molecular weight is 350 g/mol. The fourth-order valence-electron chi connectivity index (χ4n) is 3.15. The first-order chi connectivity index (χ1) is 12.8. The molecular formula is C18H18N6O2. The van der Waals surface area contributed by atoms with Gasteiger partial charge in [-0.05, 0) is 31.4 Å². The van der Waals surface area contributed by atoms with E-state index in [2.05, 4.69) is 25.6 Å². The molecular weight excluding hydrogens is 332 g/mol. The Labute approximate surface area is 149 Å². The number of rotatable bonds is 5. The van der Waals surface area contributed by atoms with Crippen molar-refractivity contribution in [3.05, 3.63) is 47.9 Å². The Morgan fingerprint density at radius 3 is 3.08 bits per heavy atom. The summed E-state index contributed by atoms with van der Waals surface area (Å²) in [7, 11) is 0. The summed E-state index contributed by atoms with van der Waals surface area (Å²) in [6, 6.07) is 4.02. The Hall–Kier alpha value is -3.16. The molecule has 0 spiro atoms. The molecule has 2 aliphatic rings. The van der Waals surface area contributed by atoms with Gasteiger partial charge in [0.2, 0.25) is 5.95 Å². The van der Waals surface area contributed by atoms with Gasteiger partial charge in [0.25, 0.3) is 5.91 Å². The number of nitrogens with one attached hydrogen (secondary N) is 2. The number of imidazole rings is 1. The third-order valence-electron chi connectivity index (χ3n) is 4.68. The number of amides is 1. The van der Waals surface area contributed by atoms with Gasteiger partial charge in [-0.3, -0.25) is 4.79 Å². The van der Waals surface area contributed by atoms with Crippen molar-refractivity contribution in [2.45, 2.75) is 38.4 Å². The number of hydrogen-bond acceptors (Lipinski definition) is 6. The molecule has 0 atom stereocenters. The number of anilines is 1. The van der Waals surface area contributed by atoms with Gasteiger partial charge in [0.1, 0.15) is 11.5 Å². The molecule has 26 heavy (non-hydrogen) atoms. The molecule has 5 rings (SSSR count). The molecule has 3 aromatic heterocycles. The molecule has 2 N–H and O–H groups in total. The number of aromatic nitrogens is 4. The SMILES string of the molecule is O=C(NC1CC1)c1ncn2c1-c1nc(NCc3ccco3)ncc1CC2. The number of fused-ring (bicyclic) bond motifs is 3. The van der Waals surface area contributed by atoms with Crippen LogP contribution in [0.5, 0.6) is 0 Å². The molecule has 3 aromatic rings. The minimum atomic E-state index is -0.127. The topological polar surface area (TPSA) is 97.9 Å². The zero-order valence-corrected chi connectivity index (χ0v) is 14.1. The summed E-state index contributed by atoms with van der Waals surface area (Å²) in [4.78, 5) is 25.9. The normalized spacial score (nSPS) is 15.2. The van der Waals surface area contributed by atoms with Crippen LogP contribution >= 0.6 is 0 Å². The largest absolute Gasteiger partial charge is 0.467 e. The lowest BCUT2D eigenvalue weighted by Crippen LogP contribution is -2.27. The predicted octanol–water partition coefficient (Wildman–Crippen LogP) is 1.99. The molecule has 0 bridgehead atoms. The van der Waals surface area contributed by atoms with E-state index in [-0.39, 0.29) is 5.91 Å². The van der Waals surface area contributed by atoms with Crippen molar-refractivity contribution < 1.29 is 9.21 Å². The molecule has 1 aliphatic heterocycles. The number of furan rings is 1. The van der Waals surface area contributed by atoms with Crippen molar-refractivity contribution in [2.75, 3.05) is 5.32 Å². The molecule has 8 heteroatoms. The summed E-state index contributed by atoms with van der Waals surface area (Å²) in [6.07, 6.45) is 8.08. The van der Waals surface area contributed by atoms with Crippen LogP contribution in [-0.2, 0) is 19.5 Å². The first kappa shape index (κ1) is 15.1. The van der Waals surface area contributed by atoms with E-state index in [1.165, 1.54) is 0 Å². The van der Waals surface area contributed by atoms with Gasteiger partial charge in [-0.15, -0.1) is 0 Å². The molecule has 1 fully saturated rings. The minimum absolute atomic E-state index is 0.127. The van der Waals surface area contributed by atoms with E-state index in [0.29, 0.717) is 24.2 Å². The van der Waals surface area contributed by atoms with E-state index in [1.54, 1.807) is 12.6 Å². The summed E-state index contributed by atoms with van der Waals surface area (Å²) in [5.74, 6) is 1.18. The zero-order chi connectivity index (χ0) is 17.5. The summed E-state index contributed by atoms with van der Waals surface area (Å²) in [5, 5.41) is 6.17. The highest BCUT2D eigenvalue weighted by Gasteiger charge is 2.30. The minimum Gasteiger partial charge on any atom is -0.467 e. The highest BCUT2D eigenvalue weighted by molar-refractivity contribution is 5.98. The lowest BCUT2D eigenvalue weighted by molar-refractivity contribution is 0.0947. The molecule has 1 saturated carbocycles. The average Bonchev–Trinajstić information content (AvgIpc) is 3.15. The van der Waals surface area contributed by atoms with Gasteiger partial charge in [0, 0.05) is 24.3 Å². The van der Waals surface area contributed by atoms with Crippen LogP contribution in [0.15, 0.2) is 35.3 Å². The highest BCUT2D eigenvalue weighted by atomic mass is 16.3. The van der Waals surface area contributed by atoms with E-state index in [0.717, 1.165) is 48.5 Å². The molecule has 0 radical (unpaired) electrons. The monoisotopic (exact) mass is 350 g/mol. The van der Waals surface area contributed by atoms with Gasteiger partial charge in [0.05, 0.1) is 24.8 Å². The quantitative estimate of drug-likeness (QED) is 0.730. The smallest absolute Gasteiger partial charge is 0.272 e. The van der Waals surface area contributed by atoms with Gasteiger partial charge in [-0.25, -0.2) is 15.0 Å². The Bertz CT molecular complexity index is 958. The van der Waals surface area contributed by atoms with Gasteiger partial charge >= 0.3 is 0 Å². The Morgan fingerprint density at radius 2 is 2.27 bits per heavy atom. The highest BCUT2D eigenvalue weighted by Crippen LogP contribution is 2.31. The van der Waals surface area contributed by atoms with E-state index >= 15 is 0 Å². The molecule has 1 amide bonds. The number of hydrogen-bond donors (Lipinski definition) is 2. The van der Waals surface area contributed by atoms with E-state index in [1.807, 2.05) is 22.9 Å². The van der Waals surface area contributed by atoms with Crippen molar-refractivity contribution in [2.24, 2.45) is 0 Å². The van der Waals surface area contributed by atoms with Gasteiger partial charge in [-0.2, -0.15) is 0 Å². The van der Waals surface area contributed by atoms with Gasteiger partial charge in [-0.1, -0.05) is 0 Å². The van der Waals surface area contributed by atoms with E-state index in [4.69, 9.17) is 4.42 Å². The zero-order valence-electron chi connectivity index (χ0n) is 14.1. The Balaban J connectivity index is 1.46. The molecule has 0 aromatic carbocycles. The van der Waals surface area contributed by atoms with Crippen LogP contribution in [0.25, 0.3) is 11.4 Å². The second-order valence-electron chi connectivity index (χ2n) is 6.63. The number of aryl methyl sites for hydroxylation is 2. The maximum atomic E-state index is 12.5. The van der Waals surface area contributed by atoms with Crippen LogP contribution in [0.4, 0.5) is 5.95 Å². The van der Waals surface area contributed by atoms with Crippen molar-refractivity contribution >= 4 is 11.9 Å². The fraction of sp³-hybridized carbons (Fsp3) is 0.333. The molecule has 4 heterocycles. The van der Waals surface area contributed by atoms with Crippen LogP contribution < -0.4 is 10.6 Å². The number of carbonyl (C=O) groups is 1. The predicted molar refractivity (Wildman–Crippen MR) is 93.5 cm³/mol. The van der Waals surface area contributed by atoms with Crippen LogP contribution in [0.3, 0.4) is 0 Å². The lowest BCUT2D eigenvalue weighted by atomic mass is 10.0. The van der Waals surface area contributed by atoms with Crippen molar-refractivity contribution in [1.29, 1.82) is 0 Å². The van der Waals surface area contributed by atoms with Gasteiger partial charge < -0.3 is 19.6 Å². The molecule has 0 unspecified atom stereocenters. The molecule has 1 aliphatic carbocycles. The third kappa shape index (κ3) is 2.73.